The summed E-state index contributed by atoms with van der Waals surface area (Å²) in [6, 6.07) is 6.01. The second-order valence-corrected chi connectivity index (χ2v) is 4.83. The number of amides is 1. The Morgan fingerprint density at radius 3 is 2.70 bits per heavy atom. The highest BCUT2D eigenvalue weighted by Gasteiger charge is 2.26. The summed E-state index contributed by atoms with van der Waals surface area (Å²) in [6.45, 7) is 0.576. The van der Waals surface area contributed by atoms with Crippen molar-refractivity contribution in [3.63, 3.8) is 0 Å². The van der Waals surface area contributed by atoms with Crippen LogP contribution in [0, 0.1) is 5.82 Å². The van der Waals surface area contributed by atoms with Crippen LogP contribution in [0.4, 0.5) is 4.39 Å². The van der Waals surface area contributed by atoms with E-state index in [1.807, 2.05) is 0 Å². The number of carbonyl (C=O) groups is 1. The standard InChI is InChI=1S/C14H14FN3O2/c15-9-5-1-2-6-10(9)18-14(20)12(13(16)19)11-7-3-4-8-17(11)18/h1-2,5-6H,3-4,7-8H2,(H2,16,19). The van der Waals surface area contributed by atoms with Crippen LogP contribution in [0.1, 0.15) is 28.9 Å². The van der Waals surface area contributed by atoms with Crippen molar-refractivity contribution in [1.29, 1.82) is 0 Å². The molecule has 1 aromatic heterocycles. The lowest BCUT2D eigenvalue weighted by atomic mass is 10.1. The molecule has 20 heavy (non-hydrogen) atoms. The van der Waals surface area contributed by atoms with Crippen LogP contribution in [0.15, 0.2) is 29.1 Å². The minimum atomic E-state index is -0.754. The van der Waals surface area contributed by atoms with Crippen LogP contribution in [-0.2, 0) is 13.0 Å². The van der Waals surface area contributed by atoms with Crippen molar-refractivity contribution in [2.45, 2.75) is 25.8 Å². The highest BCUT2D eigenvalue weighted by atomic mass is 19.1. The SMILES string of the molecule is NC(=O)c1c2n(n(-c3ccccc3F)c1=O)CCCC2. The molecule has 1 aliphatic heterocycles. The molecular weight excluding hydrogens is 261 g/mol. The van der Waals surface area contributed by atoms with E-state index < -0.39 is 17.3 Å². The molecular formula is C14H14FN3O2. The summed E-state index contributed by atoms with van der Waals surface area (Å²) in [7, 11) is 0. The minimum absolute atomic E-state index is 0.0204. The van der Waals surface area contributed by atoms with Crippen LogP contribution in [-0.4, -0.2) is 15.3 Å². The summed E-state index contributed by atoms with van der Waals surface area (Å²) >= 11 is 0. The Labute approximate surface area is 114 Å². The van der Waals surface area contributed by atoms with E-state index in [0.717, 1.165) is 12.8 Å². The van der Waals surface area contributed by atoms with Crippen molar-refractivity contribution in [3.05, 3.63) is 51.7 Å². The first-order valence-corrected chi connectivity index (χ1v) is 6.50. The molecule has 0 saturated carbocycles. The zero-order valence-electron chi connectivity index (χ0n) is 10.8. The lowest BCUT2D eigenvalue weighted by Gasteiger charge is -2.19. The molecule has 0 spiro atoms. The highest BCUT2D eigenvalue weighted by Crippen LogP contribution is 2.20. The van der Waals surface area contributed by atoms with Gasteiger partial charge in [0.05, 0.1) is 5.69 Å². The van der Waals surface area contributed by atoms with Crippen LogP contribution >= 0.6 is 0 Å². The molecule has 0 aliphatic carbocycles. The van der Waals surface area contributed by atoms with E-state index in [2.05, 4.69) is 0 Å². The van der Waals surface area contributed by atoms with Crippen LogP contribution in [0.2, 0.25) is 0 Å². The molecule has 6 heteroatoms. The zero-order valence-corrected chi connectivity index (χ0v) is 10.8. The van der Waals surface area contributed by atoms with Gasteiger partial charge in [0.1, 0.15) is 17.1 Å². The van der Waals surface area contributed by atoms with E-state index in [9.17, 15) is 14.0 Å². The van der Waals surface area contributed by atoms with E-state index in [1.54, 1.807) is 16.8 Å². The van der Waals surface area contributed by atoms with Gasteiger partial charge >= 0.3 is 0 Å². The van der Waals surface area contributed by atoms with Gasteiger partial charge < -0.3 is 5.73 Å². The summed E-state index contributed by atoms with van der Waals surface area (Å²) in [5.41, 5.74) is 5.50. The lowest BCUT2D eigenvalue weighted by Crippen LogP contribution is -2.26. The molecule has 5 nitrogen and oxygen atoms in total. The van der Waals surface area contributed by atoms with Gasteiger partial charge in [0.15, 0.2) is 0 Å². The van der Waals surface area contributed by atoms with E-state index in [1.165, 1.54) is 16.8 Å². The summed E-state index contributed by atoms with van der Waals surface area (Å²) in [4.78, 5) is 24.0. The Hall–Kier alpha value is -2.37. The fraction of sp³-hybridized carbons (Fsp3) is 0.286. The predicted molar refractivity (Wildman–Crippen MR) is 71.4 cm³/mol. The molecule has 3 rings (SSSR count). The molecule has 2 aromatic rings. The zero-order chi connectivity index (χ0) is 14.3. The topological polar surface area (TPSA) is 70.0 Å². The third-order valence-electron chi connectivity index (χ3n) is 3.61. The van der Waals surface area contributed by atoms with Gasteiger partial charge in [0.25, 0.3) is 11.5 Å². The third-order valence-corrected chi connectivity index (χ3v) is 3.61. The smallest absolute Gasteiger partial charge is 0.284 e. The van der Waals surface area contributed by atoms with Crippen molar-refractivity contribution in [3.8, 4) is 5.69 Å². The fourth-order valence-corrected chi connectivity index (χ4v) is 2.74. The van der Waals surface area contributed by atoms with E-state index in [4.69, 9.17) is 5.73 Å². The largest absolute Gasteiger partial charge is 0.365 e. The first-order chi connectivity index (χ1) is 9.61. The first kappa shape index (κ1) is 12.7. The quantitative estimate of drug-likeness (QED) is 0.895. The Morgan fingerprint density at radius 2 is 2.00 bits per heavy atom. The van der Waals surface area contributed by atoms with Gasteiger partial charge in [0.2, 0.25) is 0 Å². The fourth-order valence-electron chi connectivity index (χ4n) is 2.74. The molecule has 1 aromatic carbocycles. The first-order valence-electron chi connectivity index (χ1n) is 6.50. The molecule has 0 bridgehead atoms. The van der Waals surface area contributed by atoms with E-state index in [-0.39, 0.29) is 11.3 Å². The molecule has 0 saturated heterocycles. The number of nitrogens with two attached hydrogens (primary N) is 1. The number of para-hydroxylation sites is 1. The number of rotatable bonds is 2. The monoisotopic (exact) mass is 275 g/mol. The molecule has 0 fully saturated rings. The molecule has 2 heterocycles. The molecule has 1 aliphatic rings. The van der Waals surface area contributed by atoms with E-state index in [0.29, 0.717) is 18.7 Å². The van der Waals surface area contributed by atoms with Crippen LogP contribution in [0.25, 0.3) is 5.69 Å². The van der Waals surface area contributed by atoms with Gasteiger partial charge in [-0.05, 0) is 31.4 Å². The lowest BCUT2D eigenvalue weighted by molar-refractivity contribution is 0.0998. The molecule has 2 N–H and O–H groups in total. The normalized spacial score (nSPS) is 14.1. The average Bonchev–Trinajstić information content (AvgIpc) is 2.71. The van der Waals surface area contributed by atoms with Gasteiger partial charge in [-0.15, -0.1) is 0 Å². The van der Waals surface area contributed by atoms with Gasteiger partial charge in [0, 0.05) is 6.54 Å². The summed E-state index contributed by atoms with van der Waals surface area (Å²) in [5.74, 6) is -1.26. The Bertz CT molecular complexity index is 745. The Kier molecular flexibility index (Phi) is 2.93. The van der Waals surface area contributed by atoms with Crippen LogP contribution in [0.3, 0.4) is 0 Å². The Morgan fingerprint density at radius 1 is 1.25 bits per heavy atom. The number of halogens is 1. The van der Waals surface area contributed by atoms with Gasteiger partial charge in [-0.2, -0.15) is 0 Å². The second-order valence-electron chi connectivity index (χ2n) is 4.83. The number of carbonyl (C=O) groups excluding carboxylic acids is 1. The number of fused-ring (bicyclic) bond motifs is 1. The molecule has 0 radical (unpaired) electrons. The van der Waals surface area contributed by atoms with Gasteiger partial charge in [-0.1, -0.05) is 12.1 Å². The van der Waals surface area contributed by atoms with Gasteiger partial charge in [-0.25, -0.2) is 9.07 Å². The maximum atomic E-state index is 13.9. The third kappa shape index (κ3) is 1.76. The molecule has 104 valence electrons. The second kappa shape index (κ2) is 4.63. The summed E-state index contributed by atoms with van der Waals surface area (Å²) in [5, 5.41) is 0. The van der Waals surface area contributed by atoms with Crippen LogP contribution in [0.5, 0.6) is 0 Å². The average molecular weight is 275 g/mol. The van der Waals surface area contributed by atoms with Gasteiger partial charge in [-0.3, -0.25) is 14.3 Å². The maximum absolute atomic E-state index is 13.9. The van der Waals surface area contributed by atoms with Crippen molar-refractivity contribution < 1.29 is 9.18 Å². The number of benzene rings is 1. The Balaban J connectivity index is 2.35. The number of aromatic nitrogens is 2. The van der Waals surface area contributed by atoms with Crippen molar-refractivity contribution in [1.82, 2.24) is 9.36 Å². The maximum Gasteiger partial charge on any atom is 0.284 e. The minimum Gasteiger partial charge on any atom is -0.365 e. The highest BCUT2D eigenvalue weighted by molar-refractivity contribution is 5.93. The molecule has 0 unspecified atom stereocenters. The molecule has 1 amide bonds. The van der Waals surface area contributed by atoms with E-state index >= 15 is 0 Å². The van der Waals surface area contributed by atoms with Crippen molar-refractivity contribution in [2.75, 3.05) is 0 Å². The predicted octanol–water partition coefficient (Wildman–Crippen LogP) is 1.21. The summed E-state index contributed by atoms with van der Waals surface area (Å²) < 4.78 is 16.8. The number of hydrogen-bond donors (Lipinski definition) is 1. The summed E-state index contributed by atoms with van der Waals surface area (Å²) in [6.07, 6.45) is 2.38. The molecule has 0 atom stereocenters. The number of nitrogens with zero attached hydrogens (tertiary/aromatic N) is 2. The number of hydrogen-bond acceptors (Lipinski definition) is 2. The number of primary amides is 1. The van der Waals surface area contributed by atoms with Crippen molar-refractivity contribution >= 4 is 5.91 Å². The van der Waals surface area contributed by atoms with Crippen LogP contribution < -0.4 is 11.3 Å². The van der Waals surface area contributed by atoms with Crippen molar-refractivity contribution in [2.24, 2.45) is 5.73 Å².